The van der Waals surface area contributed by atoms with Gasteiger partial charge in [0.25, 0.3) is 5.91 Å². The number of nitrogens with zero attached hydrogens (tertiary/aromatic N) is 3. The smallest absolute Gasteiger partial charge is 0.272 e. The third-order valence-corrected chi connectivity index (χ3v) is 4.06. The van der Waals surface area contributed by atoms with Crippen LogP contribution in [0.3, 0.4) is 0 Å². The Morgan fingerprint density at radius 3 is 3.05 bits per heavy atom. The van der Waals surface area contributed by atoms with E-state index < -0.39 is 0 Å². The Balaban J connectivity index is 1.98. The van der Waals surface area contributed by atoms with Gasteiger partial charge in [-0.3, -0.25) is 9.78 Å². The molecule has 0 aromatic carbocycles. The standard InChI is InChI=1S/C16H26N4O/c1-4-8-17-13-7-9-18-15(11-13)16(21)20(3)12-14-6-5-10-19(14)2/h7,9,11,14H,4-6,8,10,12H2,1-3H3,(H,17,18). The van der Waals surface area contributed by atoms with Crippen LogP contribution in [0.5, 0.6) is 0 Å². The fourth-order valence-electron chi connectivity index (χ4n) is 2.73. The summed E-state index contributed by atoms with van der Waals surface area (Å²) < 4.78 is 0. The molecule has 21 heavy (non-hydrogen) atoms. The molecule has 1 fully saturated rings. The lowest BCUT2D eigenvalue weighted by Gasteiger charge is -2.25. The van der Waals surface area contributed by atoms with E-state index in [0.29, 0.717) is 11.7 Å². The number of anilines is 1. The minimum absolute atomic E-state index is 0.00421. The maximum absolute atomic E-state index is 12.5. The Kier molecular flexibility index (Phi) is 5.56. The molecule has 5 nitrogen and oxygen atoms in total. The molecule has 0 saturated carbocycles. The summed E-state index contributed by atoms with van der Waals surface area (Å²) in [7, 11) is 3.99. The molecule has 1 unspecified atom stereocenters. The van der Waals surface area contributed by atoms with Gasteiger partial charge in [-0.05, 0) is 45.0 Å². The third kappa shape index (κ3) is 4.17. The lowest BCUT2D eigenvalue weighted by molar-refractivity contribution is 0.0756. The van der Waals surface area contributed by atoms with Gasteiger partial charge in [0, 0.05) is 38.1 Å². The van der Waals surface area contributed by atoms with Crippen LogP contribution in [-0.4, -0.2) is 60.5 Å². The molecule has 1 aromatic heterocycles. The van der Waals surface area contributed by atoms with Crippen LogP contribution in [0.1, 0.15) is 36.7 Å². The maximum Gasteiger partial charge on any atom is 0.272 e. The van der Waals surface area contributed by atoms with Gasteiger partial charge in [-0.2, -0.15) is 0 Å². The van der Waals surface area contributed by atoms with Crippen LogP contribution >= 0.6 is 0 Å². The molecule has 1 aliphatic heterocycles. The van der Waals surface area contributed by atoms with Crippen molar-refractivity contribution in [3.05, 3.63) is 24.0 Å². The highest BCUT2D eigenvalue weighted by molar-refractivity contribution is 5.93. The van der Waals surface area contributed by atoms with Gasteiger partial charge in [0.1, 0.15) is 5.69 Å². The quantitative estimate of drug-likeness (QED) is 0.871. The molecule has 2 rings (SSSR count). The molecule has 1 N–H and O–H groups in total. The second kappa shape index (κ2) is 7.41. The van der Waals surface area contributed by atoms with E-state index in [1.165, 1.54) is 12.8 Å². The summed E-state index contributed by atoms with van der Waals surface area (Å²) >= 11 is 0. The molecule has 0 radical (unpaired) electrons. The Morgan fingerprint density at radius 2 is 2.38 bits per heavy atom. The summed E-state index contributed by atoms with van der Waals surface area (Å²) in [5, 5.41) is 3.29. The van der Waals surface area contributed by atoms with Gasteiger partial charge in [0.05, 0.1) is 0 Å². The Labute approximate surface area is 127 Å². The van der Waals surface area contributed by atoms with E-state index in [1.807, 2.05) is 19.2 Å². The van der Waals surface area contributed by atoms with Gasteiger partial charge in [-0.25, -0.2) is 0 Å². The monoisotopic (exact) mass is 290 g/mol. The number of aromatic nitrogens is 1. The van der Waals surface area contributed by atoms with Crippen LogP contribution in [0.15, 0.2) is 18.3 Å². The van der Waals surface area contributed by atoms with E-state index in [-0.39, 0.29) is 5.91 Å². The fourth-order valence-corrected chi connectivity index (χ4v) is 2.73. The summed E-state index contributed by atoms with van der Waals surface area (Å²) in [6.07, 6.45) is 5.14. The number of likely N-dealkylation sites (tertiary alicyclic amines) is 1. The predicted octanol–water partition coefficient (Wildman–Crippen LogP) is 2.07. The van der Waals surface area contributed by atoms with E-state index in [1.54, 1.807) is 11.1 Å². The Bertz CT molecular complexity index is 477. The van der Waals surface area contributed by atoms with E-state index in [4.69, 9.17) is 0 Å². The lowest BCUT2D eigenvalue weighted by atomic mass is 10.2. The summed E-state index contributed by atoms with van der Waals surface area (Å²) in [6.45, 7) is 4.91. The zero-order valence-electron chi connectivity index (χ0n) is 13.3. The number of amides is 1. The maximum atomic E-state index is 12.5. The molecule has 2 heterocycles. The van der Waals surface area contributed by atoms with Crippen molar-refractivity contribution in [2.24, 2.45) is 0 Å². The van der Waals surface area contributed by atoms with Crippen molar-refractivity contribution >= 4 is 11.6 Å². The first-order valence-electron chi connectivity index (χ1n) is 7.77. The van der Waals surface area contributed by atoms with Crippen LogP contribution < -0.4 is 5.32 Å². The van der Waals surface area contributed by atoms with E-state index >= 15 is 0 Å². The molecular weight excluding hydrogens is 264 g/mol. The molecule has 0 aliphatic carbocycles. The number of carbonyl (C=O) groups excluding carboxylic acids is 1. The molecule has 116 valence electrons. The zero-order chi connectivity index (χ0) is 15.2. The van der Waals surface area contributed by atoms with Crippen molar-refractivity contribution in [3.63, 3.8) is 0 Å². The average molecular weight is 290 g/mol. The van der Waals surface area contributed by atoms with E-state index in [0.717, 1.165) is 31.7 Å². The summed E-state index contributed by atoms with van der Waals surface area (Å²) in [5.74, 6) is -0.00421. The third-order valence-electron chi connectivity index (χ3n) is 4.06. The molecule has 0 bridgehead atoms. The first-order valence-corrected chi connectivity index (χ1v) is 7.77. The van der Waals surface area contributed by atoms with Crippen LogP contribution in [-0.2, 0) is 0 Å². The molecule has 1 atom stereocenters. The zero-order valence-corrected chi connectivity index (χ0v) is 13.3. The molecule has 5 heteroatoms. The summed E-state index contributed by atoms with van der Waals surface area (Å²) in [4.78, 5) is 20.8. The minimum atomic E-state index is -0.00421. The van der Waals surface area contributed by atoms with Crippen molar-refractivity contribution in [2.45, 2.75) is 32.2 Å². The molecule has 1 aromatic rings. The van der Waals surface area contributed by atoms with Crippen molar-refractivity contribution in [2.75, 3.05) is 39.0 Å². The number of hydrogen-bond acceptors (Lipinski definition) is 4. The van der Waals surface area contributed by atoms with Crippen molar-refractivity contribution < 1.29 is 4.79 Å². The van der Waals surface area contributed by atoms with Gasteiger partial charge in [0.2, 0.25) is 0 Å². The molecular formula is C16H26N4O. The SMILES string of the molecule is CCCNc1ccnc(C(=O)N(C)CC2CCCN2C)c1. The van der Waals surface area contributed by atoms with Gasteiger partial charge < -0.3 is 15.1 Å². The van der Waals surface area contributed by atoms with Crippen LogP contribution in [0, 0.1) is 0 Å². The second-order valence-electron chi connectivity index (χ2n) is 5.82. The average Bonchev–Trinajstić information content (AvgIpc) is 2.90. The second-order valence-corrected chi connectivity index (χ2v) is 5.82. The highest BCUT2D eigenvalue weighted by Gasteiger charge is 2.24. The van der Waals surface area contributed by atoms with Crippen molar-refractivity contribution in [3.8, 4) is 0 Å². The summed E-state index contributed by atoms with van der Waals surface area (Å²) in [6, 6.07) is 4.21. The van der Waals surface area contributed by atoms with Crippen LogP contribution in [0.25, 0.3) is 0 Å². The molecule has 1 amide bonds. The Hall–Kier alpha value is -1.62. The Morgan fingerprint density at radius 1 is 1.57 bits per heavy atom. The van der Waals surface area contributed by atoms with Gasteiger partial charge >= 0.3 is 0 Å². The number of hydrogen-bond donors (Lipinski definition) is 1. The topological polar surface area (TPSA) is 48.5 Å². The minimum Gasteiger partial charge on any atom is -0.385 e. The number of rotatable bonds is 6. The fraction of sp³-hybridized carbons (Fsp3) is 0.625. The van der Waals surface area contributed by atoms with E-state index in [9.17, 15) is 4.79 Å². The molecule has 0 spiro atoms. The number of nitrogens with one attached hydrogen (secondary N) is 1. The lowest BCUT2D eigenvalue weighted by Crippen LogP contribution is -2.39. The summed E-state index contributed by atoms with van der Waals surface area (Å²) in [5.41, 5.74) is 1.47. The van der Waals surface area contributed by atoms with Crippen LogP contribution in [0.2, 0.25) is 0 Å². The highest BCUT2D eigenvalue weighted by Crippen LogP contribution is 2.16. The molecule has 1 aliphatic rings. The van der Waals surface area contributed by atoms with Crippen molar-refractivity contribution in [1.82, 2.24) is 14.8 Å². The number of likely N-dealkylation sites (N-methyl/N-ethyl adjacent to an activating group) is 2. The number of carbonyl (C=O) groups is 1. The normalized spacial score (nSPS) is 18.7. The van der Waals surface area contributed by atoms with Crippen molar-refractivity contribution in [1.29, 1.82) is 0 Å². The largest absolute Gasteiger partial charge is 0.385 e. The molecule has 1 saturated heterocycles. The van der Waals surface area contributed by atoms with Gasteiger partial charge in [-0.15, -0.1) is 0 Å². The first kappa shape index (κ1) is 15.8. The number of pyridine rings is 1. The van der Waals surface area contributed by atoms with Crippen LogP contribution in [0.4, 0.5) is 5.69 Å². The van der Waals surface area contributed by atoms with Gasteiger partial charge in [-0.1, -0.05) is 6.92 Å². The van der Waals surface area contributed by atoms with E-state index in [2.05, 4.69) is 29.2 Å². The predicted molar refractivity (Wildman–Crippen MR) is 85.6 cm³/mol. The van der Waals surface area contributed by atoms with Gasteiger partial charge in [0.15, 0.2) is 0 Å². The highest BCUT2D eigenvalue weighted by atomic mass is 16.2. The first-order chi connectivity index (χ1) is 10.1.